The van der Waals surface area contributed by atoms with Gasteiger partial charge < -0.3 is 19.3 Å². The van der Waals surface area contributed by atoms with E-state index >= 15 is 0 Å². The average molecular weight is 280 g/mol. The standard InChI is InChI=1S/C11H20O8/c1-4-6-15-8-11(3,16-7-5-2)17-10(14)19-18-9(12)13/h4-8H2,1-3H3,(H,12,13). The molecule has 0 rings (SSSR count). The average Bonchev–Trinajstić information content (AvgIpc) is 2.34. The van der Waals surface area contributed by atoms with Gasteiger partial charge in [0.2, 0.25) is 5.79 Å². The van der Waals surface area contributed by atoms with Gasteiger partial charge in [0.15, 0.2) is 0 Å². The molecule has 1 N–H and O–H groups in total. The second-order valence-electron chi connectivity index (χ2n) is 3.82. The van der Waals surface area contributed by atoms with Crippen LogP contribution in [0.2, 0.25) is 0 Å². The van der Waals surface area contributed by atoms with Crippen LogP contribution in [0.1, 0.15) is 33.6 Å². The topological polar surface area (TPSA) is 101 Å². The molecule has 0 aliphatic rings. The number of carbonyl (C=O) groups excluding carboxylic acids is 1. The van der Waals surface area contributed by atoms with Crippen LogP contribution in [0, 0.1) is 0 Å². The molecule has 0 aliphatic carbocycles. The highest BCUT2D eigenvalue weighted by Gasteiger charge is 2.32. The van der Waals surface area contributed by atoms with Crippen molar-refractivity contribution in [2.45, 2.75) is 39.4 Å². The molecule has 112 valence electrons. The Morgan fingerprint density at radius 2 is 1.74 bits per heavy atom. The third-order valence-corrected chi connectivity index (χ3v) is 1.80. The lowest BCUT2D eigenvalue weighted by atomic mass is 10.3. The summed E-state index contributed by atoms with van der Waals surface area (Å²) in [7, 11) is 0. The quantitative estimate of drug-likeness (QED) is 0.238. The molecule has 0 saturated heterocycles. The Balaban J connectivity index is 4.29. The molecule has 0 aliphatic heterocycles. The van der Waals surface area contributed by atoms with Crippen LogP contribution in [0.5, 0.6) is 0 Å². The molecular weight excluding hydrogens is 260 g/mol. The van der Waals surface area contributed by atoms with Crippen molar-refractivity contribution in [3.8, 4) is 0 Å². The van der Waals surface area contributed by atoms with Crippen LogP contribution in [0.25, 0.3) is 0 Å². The highest BCUT2D eigenvalue weighted by molar-refractivity contribution is 5.62. The minimum atomic E-state index is -1.75. The van der Waals surface area contributed by atoms with Gasteiger partial charge in [-0.15, -0.1) is 0 Å². The molecule has 1 atom stereocenters. The van der Waals surface area contributed by atoms with Crippen molar-refractivity contribution in [3.05, 3.63) is 0 Å². The fourth-order valence-corrected chi connectivity index (χ4v) is 1.08. The Labute approximate surface area is 111 Å². The second kappa shape index (κ2) is 9.40. The van der Waals surface area contributed by atoms with E-state index in [1.165, 1.54) is 6.92 Å². The van der Waals surface area contributed by atoms with Gasteiger partial charge in [-0.05, 0) is 12.8 Å². The summed E-state index contributed by atoms with van der Waals surface area (Å²) in [5.41, 5.74) is 0. The minimum Gasteiger partial charge on any atom is -0.447 e. The fourth-order valence-electron chi connectivity index (χ4n) is 1.08. The van der Waals surface area contributed by atoms with E-state index in [9.17, 15) is 9.59 Å². The maximum atomic E-state index is 11.2. The van der Waals surface area contributed by atoms with Crippen LogP contribution in [-0.4, -0.2) is 43.0 Å². The fraction of sp³-hybridized carbons (Fsp3) is 0.818. The molecule has 0 amide bonds. The molecule has 0 aromatic heterocycles. The van der Waals surface area contributed by atoms with Gasteiger partial charge in [-0.1, -0.05) is 13.8 Å². The van der Waals surface area contributed by atoms with E-state index < -0.39 is 18.1 Å². The molecule has 0 aromatic carbocycles. The predicted molar refractivity (Wildman–Crippen MR) is 62.4 cm³/mol. The first-order chi connectivity index (χ1) is 8.93. The first-order valence-electron chi connectivity index (χ1n) is 5.95. The van der Waals surface area contributed by atoms with Crippen LogP contribution in [-0.2, 0) is 24.0 Å². The Hall–Kier alpha value is -1.54. The molecule has 0 aromatic rings. The smallest absolute Gasteiger partial charge is 0.447 e. The molecule has 8 nitrogen and oxygen atoms in total. The normalized spacial score (nSPS) is 13.4. The van der Waals surface area contributed by atoms with Crippen molar-refractivity contribution in [2.24, 2.45) is 0 Å². The van der Waals surface area contributed by atoms with Crippen molar-refractivity contribution in [2.75, 3.05) is 19.8 Å². The molecule has 8 heteroatoms. The molecule has 0 heterocycles. The molecule has 0 radical (unpaired) electrons. The number of ether oxygens (including phenoxy) is 3. The summed E-state index contributed by atoms with van der Waals surface area (Å²) in [6.07, 6.45) is -1.56. The van der Waals surface area contributed by atoms with Gasteiger partial charge >= 0.3 is 12.3 Å². The number of hydrogen-bond donors (Lipinski definition) is 1. The van der Waals surface area contributed by atoms with Crippen molar-refractivity contribution < 1.29 is 38.7 Å². The van der Waals surface area contributed by atoms with Gasteiger partial charge in [-0.25, -0.2) is 9.68 Å². The van der Waals surface area contributed by atoms with E-state index in [1.54, 1.807) is 0 Å². The Morgan fingerprint density at radius 3 is 2.26 bits per heavy atom. The van der Waals surface area contributed by atoms with Gasteiger partial charge in [0.25, 0.3) is 0 Å². The highest BCUT2D eigenvalue weighted by atomic mass is 17.3. The lowest BCUT2D eigenvalue weighted by Gasteiger charge is -2.28. The summed E-state index contributed by atoms with van der Waals surface area (Å²) in [5.74, 6) is -1.36. The third-order valence-electron chi connectivity index (χ3n) is 1.80. The summed E-state index contributed by atoms with van der Waals surface area (Å²) >= 11 is 0. The summed E-state index contributed by atoms with van der Waals surface area (Å²) in [4.78, 5) is 28.7. The molecule has 0 saturated carbocycles. The van der Waals surface area contributed by atoms with Gasteiger partial charge in [0.1, 0.15) is 6.61 Å². The first-order valence-corrected chi connectivity index (χ1v) is 5.95. The van der Waals surface area contributed by atoms with Crippen molar-refractivity contribution in [1.82, 2.24) is 0 Å². The van der Waals surface area contributed by atoms with Gasteiger partial charge in [-0.3, -0.25) is 0 Å². The van der Waals surface area contributed by atoms with Crippen LogP contribution in [0.15, 0.2) is 0 Å². The first kappa shape index (κ1) is 17.5. The van der Waals surface area contributed by atoms with Crippen LogP contribution < -0.4 is 0 Å². The summed E-state index contributed by atoms with van der Waals surface area (Å²) < 4.78 is 15.4. The van der Waals surface area contributed by atoms with Crippen molar-refractivity contribution in [1.29, 1.82) is 0 Å². The third kappa shape index (κ3) is 9.09. The zero-order valence-corrected chi connectivity index (χ0v) is 11.3. The van der Waals surface area contributed by atoms with E-state index in [2.05, 4.69) is 9.78 Å². The number of rotatable bonds is 8. The number of hydrogen-bond acceptors (Lipinski definition) is 7. The Bertz CT molecular complexity index is 280. The van der Waals surface area contributed by atoms with E-state index in [1.807, 2.05) is 13.8 Å². The lowest BCUT2D eigenvalue weighted by Crippen LogP contribution is -2.40. The van der Waals surface area contributed by atoms with Gasteiger partial charge in [0, 0.05) is 13.5 Å². The van der Waals surface area contributed by atoms with Crippen LogP contribution in [0.4, 0.5) is 9.59 Å². The van der Waals surface area contributed by atoms with Crippen molar-refractivity contribution in [3.63, 3.8) is 0 Å². The number of carbonyl (C=O) groups is 2. The van der Waals surface area contributed by atoms with E-state index in [-0.39, 0.29) is 6.61 Å². The monoisotopic (exact) mass is 280 g/mol. The number of carboxylic acid groups (broad SMARTS) is 1. The largest absolute Gasteiger partial charge is 0.552 e. The Morgan fingerprint density at radius 1 is 1.11 bits per heavy atom. The summed E-state index contributed by atoms with van der Waals surface area (Å²) in [5, 5.41) is 8.16. The molecule has 19 heavy (non-hydrogen) atoms. The molecule has 1 unspecified atom stereocenters. The highest BCUT2D eigenvalue weighted by Crippen LogP contribution is 2.15. The predicted octanol–water partition coefficient (Wildman–Crippen LogP) is 2.32. The molecule has 0 fully saturated rings. The summed E-state index contributed by atoms with van der Waals surface area (Å²) in [6.45, 7) is 6.14. The molecule has 0 spiro atoms. The van der Waals surface area contributed by atoms with Crippen LogP contribution >= 0.6 is 0 Å². The van der Waals surface area contributed by atoms with E-state index in [0.717, 1.165) is 6.42 Å². The SMILES string of the molecule is CCCOCC(C)(OCCC)OC(=O)OOC(=O)O. The minimum absolute atomic E-state index is 0.00299. The zero-order valence-electron chi connectivity index (χ0n) is 11.3. The van der Waals surface area contributed by atoms with E-state index in [0.29, 0.717) is 19.6 Å². The van der Waals surface area contributed by atoms with Crippen LogP contribution in [0.3, 0.4) is 0 Å². The molecule has 0 bridgehead atoms. The van der Waals surface area contributed by atoms with Gasteiger partial charge in [-0.2, -0.15) is 9.68 Å². The Kier molecular flexibility index (Phi) is 8.64. The van der Waals surface area contributed by atoms with Gasteiger partial charge in [0.05, 0.1) is 6.61 Å². The second-order valence-corrected chi connectivity index (χ2v) is 3.82. The zero-order chi connectivity index (χ0) is 14.7. The van der Waals surface area contributed by atoms with E-state index in [4.69, 9.17) is 19.3 Å². The maximum absolute atomic E-state index is 11.2. The van der Waals surface area contributed by atoms with Crippen molar-refractivity contribution >= 4 is 12.3 Å². The maximum Gasteiger partial charge on any atom is 0.552 e. The molecular formula is C11H20O8. The summed E-state index contributed by atoms with van der Waals surface area (Å²) in [6, 6.07) is 0. The lowest BCUT2D eigenvalue weighted by molar-refractivity contribution is -0.270.